The Morgan fingerprint density at radius 2 is 1.66 bits per heavy atom. The van der Waals surface area contributed by atoms with Crippen LogP contribution in [0.1, 0.15) is 43.4 Å². The van der Waals surface area contributed by atoms with E-state index in [1.807, 2.05) is 12.1 Å². The Kier molecular flexibility index (Phi) is 10.2. The Labute approximate surface area is 242 Å². The van der Waals surface area contributed by atoms with E-state index in [1.54, 1.807) is 12.1 Å². The van der Waals surface area contributed by atoms with Crippen molar-refractivity contribution in [1.82, 2.24) is 14.1 Å². The van der Waals surface area contributed by atoms with E-state index in [0.29, 0.717) is 44.1 Å². The summed E-state index contributed by atoms with van der Waals surface area (Å²) in [5, 5.41) is 11.4. The number of hydrogen-bond donors (Lipinski definition) is 1. The van der Waals surface area contributed by atoms with Crippen LogP contribution in [-0.4, -0.2) is 99.4 Å². The maximum absolute atomic E-state index is 13.4. The molecule has 0 saturated carbocycles. The molecule has 0 aromatic heterocycles. The van der Waals surface area contributed by atoms with Gasteiger partial charge in [0.25, 0.3) is 11.7 Å². The molecule has 0 bridgehead atoms. The minimum Gasteiger partial charge on any atom is -0.507 e. The summed E-state index contributed by atoms with van der Waals surface area (Å²) in [6, 6.07) is 12.1. The first-order chi connectivity index (χ1) is 19.6. The van der Waals surface area contributed by atoms with E-state index >= 15 is 0 Å². The number of benzene rings is 2. The molecule has 2 aromatic rings. The van der Waals surface area contributed by atoms with Gasteiger partial charge in [0.05, 0.1) is 36.3 Å². The highest BCUT2D eigenvalue weighted by Crippen LogP contribution is 2.40. The van der Waals surface area contributed by atoms with Gasteiger partial charge in [0, 0.05) is 45.8 Å². The second-order valence-corrected chi connectivity index (χ2v) is 12.5. The molecule has 0 radical (unpaired) electrons. The largest absolute Gasteiger partial charge is 0.507 e. The molecule has 2 aliphatic rings. The summed E-state index contributed by atoms with van der Waals surface area (Å²) in [7, 11) is -0.801. The quantitative estimate of drug-likeness (QED) is 0.175. The van der Waals surface area contributed by atoms with Gasteiger partial charge in [-0.25, -0.2) is 12.7 Å². The first-order valence-electron chi connectivity index (χ1n) is 14.0. The minimum absolute atomic E-state index is 0.0239. The van der Waals surface area contributed by atoms with Crippen molar-refractivity contribution in [3.63, 3.8) is 0 Å². The second-order valence-electron chi connectivity index (χ2n) is 10.4. The number of sulfonamides is 1. The van der Waals surface area contributed by atoms with E-state index in [2.05, 4.69) is 11.8 Å². The number of ether oxygens (including phenoxy) is 2. The van der Waals surface area contributed by atoms with Crippen molar-refractivity contribution in [1.29, 1.82) is 0 Å². The first kappa shape index (κ1) is 30.7. The van der Waals surface area contributed by atoms with Gasteiger partial charge in [-0.2, -0.15) is 0 Å². The van der Waals surface area contributed by atoms with Gasteiger partial charge in [-0.3, -0.25) is 14.5 Å². The topological polar surface area (TPSA) is 117 Å². The minimum atomic E-state index is -3.67. The summed E-state index contributed by atoms with van der Waals surface area (Å²) in [5.74, 6) is -1.11. The molecule has 2 aromatic carbocycles. The molecule has 2 saturated heterocycles. The van der Waals surface area contributed by atoms with Crippen molar-refractivity contribution >= 4 is 27.5 Å². The average Bonchev–Trinajstić information content (AvgIpc) is 3.23. The Morgan fingerprint density at radius 3 is 2.27 bits per heavy atom. The monoisotopic (exact) mass is 585 g/mol. The van der Waals surface area contributed by atoms with Gasteiger partial charge >= 0.3 is 0 Å². The van der Waals surface area contributed by atoms with E-state index in [1.165, 1.54) is 43.3 Å². The number of Topliss-reactive ketones (excluding diaryl/α,β-unsaturated/α-hetero) is 1. The van der Waals surface area contributed by atoms with Crippen molar-refractivity contribution in [2.24, 2.45) is 0 Å². The Bertz CT molecular complexity index is 1350. The first-order valence-corrected chi connectivity index (χ1v) is 15.4. The lowest BCUT2D eigenvalue weighted by molar-refractivity contribution is -0.140. The van der Waals surface area contributed by atoms with Crippen LogP contribution in [-0.2, 0) is 24.3 Å². The van der Waals surface area contributed by atoms with Gasteiger partial charge < -0.3 is 19.5 Å². The molecular weight excluding hydrogens is 546 g/mol. The third-order valence-electron chi connectivity index (χ3n) is 7.39. The summed E-state index contributed by atoms with van der Waals surface area (Å²) < 4.78 is 37.3. The number of aliphatic hydroxyl groups is 1. The van der Waals surface area contributed by atoms with E-state index in [-0.39, 0.29) is 21.8 Å². The molecule has 2 aliphatic heterocycles. The van der Waals surface area contributed by atoms with Crippen LogP contribution in [0.4, 0.5) is 0 Å². The standard InChI is InChI=1S/C30H39N3O7S/c1-4-5-19-40-24-11-7-22(8-12-24)27-26(28(34)23-9-13-25(14-10-23)41(37,38)31(2)3)29(35)30(36)33(27)16-6-15-32-17-20-39-21-18-32/h7-14,27,34H,4-6,15-21H2,1-3H3/b28-26+. The lowest BCUT2D eigenvalue weighted by Gasteiger charge is -2.29. The lowest BCUT2D eigenvalue weighted by atomic mass is 9.95. The molecule has 2 heterocycles. The van der Waals surface area contributed by atoms with Crippen molar-refractivity contribution in [2.75, 3.05) is 60.1 Å². The number of unbranched alkanes of at least 4 members (excludes halogenated alkanes) is 1. The van der Waals surface area contributed by atoms with E-state index < -0.39 is 27.8 Å². The summed E-state index contributed by atoms with van der Waals surface area (Å²) in [5.41, 5.74) is 0.898. The number of carbonyl (C=O) groups is 2. The molecule has 11 heteroatoms. The lowest BCUT2D eigenvalue weighted by Crippen LogP contribution is -2.38. The smallest absolute Gasteiger partial charge is 0.295 e. The number of rotatable bonds is 12. The fraction of sp³-hybridized carbons (Fsp3) is 0.467. The van der Waals surface area contributed by atoms with E-state index in [0.717, 1.165) is 36.8 Å². The summed E-state index contributed by atoms with van der Waals surface area (Å²) in [6.07, 6.45) is 2.60. The van der Waals surface area contributed by atoms with Crippen LogP contribution in [0.5, 0.6) is 5.75 Å². The number of hydrogen-bond acceptors (Lipinski definition) is 8. The van der Waals surface area contributed by atoms with Gasteiger partial charge in [-0.05, 0) is 54.8 Å². The predicted octanol–water partition coefficient (Wildman–Crippen LogP) is 3.26. The fourth-order valence-electron chi connectivity index (χ4n) is 4.98. The number of carbonyl (C=O) groups excluding carboxylic acids is 2. The highest BCUT2D eigenvalue weighted by atomic mass is 32.2. The van der Waals surface area contributed by atoms with Crippen LogP contribution in [0, 0.1) is 0 Å². The molecule has 1 amide bonds. The molecule has 222 valence electrons. The van der Waals surface area contributed by atoms with Crippen LogP contribution >= 0.6 is 0 Å². The van der Waals surface area contributed by atoms with Crippen LogP contribution in [0.2, 0.25) is 0 Å². The Morgan fingerprint density at radius 1 is 1.00 bits per heavy atom. The molecule has 1 N–H and O–H groups in total. The zero-order valence-corrected chi connectivity index (χ0v) is 24.7. The zero-order chi connectivity index (χ0) is 29.6. The van der Waals surface area contributed by atoms with E-state index in [4.69, 9.17) is 9.47 Å². The number of likely N-dealkylation sites (tertiary alicyclic amines) is 1. The fourth-order valence-corrected chi connectivity index (χ4v) is 5.88. The average molecular weight is 586 g/mol. The van der Waals surface area contributed by atoms with Crippen LogP contribution < -0.4 is 4.74 Å². The number of aliphatic hydroxyl groups excluding tert-OH is 1. The van der Waals surface area contributed by atoms with Gasteiger partial charge in [0.15, 0.2) is 0 Å². The zero-order valence-electron chi connectivity index (χ0n) is 23.9. The van der Waals surface area contributed by atoms with Crippen LogP contribution in [0.3, 0.4) is 0 Å². The van der Waals surface area contributed by atoms with Crippen molar-refractivity contribution in [2.45, 2.75) is 37.1 Å². The van der Waals surface area contributed by atoms with Crippen molar-refractivity contribution in [3.05, 3.63) is 65.2 Å². The predicted molar refractivity (Wildman–Crippen MR) is 155 cm³/mol. The molecule has 41 heavy (non-hydrogen) atoms. The van der Waals surface area contributed by atoms with Crippen molar-refractivity contribution < 1.29 is 32.6 Å². The van der Waals surface area contributed by atoms with E-state index in [9.17, 15) is 23.1 Å². The molecule has 1 atom stereocenters. The Balaban J connectivity index is 1.66. The van der Waals surface area contributed by atoms with Crippen molar-refractivity contribution in [3.8, 4) is 5.75 Å². The van der Waals surface area contributed by atoms with Gasteiger partial charge in [0.2, 0.25) is 10.0 Å². The summed E-state index contributed by atoms with van der Waals surface area (Å²) in [6.45, 7) is 6.75. The highest BCUT2D eigenvalue weighted by molar-refractivity contribution is 7.89. The molecule has 4 rings (SSSR count). The van der Waals surface area contributed by atoms with Crippen LogP contribution in [0.15, 0.2) is 59.0 Å². The Hall–Kier alpha value is -3.25. The maximum Gasteiger partial charge on any atom is 0.295 e. The third kappa shape index (κ3) is 6.98. The normalized spacial score (nSPS) is 19.7. The molecule has 2 fully saturated rings. The number of amides is 1. The number of ketones is 1. The molecule has 10 nitrogen and oxygen atoms in total. The number of nitrogens with zero attached hydrogens (tertiary/aromatic N) is 3. The SMILES string of the molecule is CCCCOc1ccc(C2/C(=C(\O)c3ccc(S(=O)(=O)N(C)C)cc3)C(=O)C(=O)N2CCCN2CCOCC2)cc1. The summed E-state index contributed by atoms with van der Waals surface area (Å²) in [4.78, 5) is 30.5. The second kappa shape index (κ2) is 13.6. The molecule has 0 spiro atoms. The van der Waals surface area contributed by atoms with Gasteiger partial charge in [0.1, 0.15) is 11.5 Å². The maximum atomic E-state index is 13.4. The molecule has 0 aliphatic carbocycles. The molecular formula is C30H39N3O7S. The molecule has 1 unspecified atom stereocenters. The summed E-state index contributed by atoms with van der Waals surface area (Å²) >= 11 is 0. The van der Waals surface area contributed by atoms with Gasteiger partial charge in [-0.1, -0.05) is 25.5 Å². The number of morpholine rings is 1. The highest BCUT2D eigenvalue weighted by Gasteiger charge is 2.45. The third-order valence-corrected chi connectivity index (χ3v) is 9.22. The van der Waals surface area contributed by atoms with Crippen LogP contribution in [0.25, 0.3) is 5.76 Å². The van der Waals surface area contributed by atoms with Gasteiger partial charge in [-0.15, -0.1) is 0 Å².